The summed E-state index contributed by atoms with van der Waals surface area (Å²) < 4.78 is 5.54. The number of rotatable bonds is 1. The van der Waals surface area contributed by atoms with Crippen molar-refractivity contribution in [2.75, 3.05) is 20.2 Å². The van der Waals surface area contributed by atoms with Gasteiger partial charge in [-0.1, -0.05) is 5.57 Å². The molecule has 0 radical (unpaired) electrons. The molecule has 0 aromatic rings. The van der Waals surface area contributed by atoms with Crippen molar-refractivity contribution >= 4 is 0 Å². The Morgan fingerprint density at radius 2 is 2.07 bits per heavy atom. The van der Waals surface area contributed by atoms with E-state index in [0.717, 1.165) is 6.54 Å². The third-order valence-electron chi connectivity index (χ3n) is 3.48. The lowest BCUT2D eigenvalue weighted by molar-refractivity contribution is 0.135. The van der Waals surface area contributed by atoms with Gasteiger partial charge in [0.1, 0.15) is 0 Å². The van der Waals surface area contributed by atoms with E-state index in [1.54, 1.807) is 11.1 Å². The molecule has 2 aliphatic rings. The molecule has 1 unspecified atom stereocenters. The SMILES string of the molecule is COC1CCC/C1=C1\CCCNCC1. The van der Waals surface area contributed by atoms with E-state index in [9.17, 15) is 0 Å². The van der Waals surface area contributed by atoms with Crippen LogP contribution in [0.5, 0.6) is 0 Å². The average molecular weight is 195 g/mol. The number of methoxy groups -OCH3 is 1. The van der Waals surface area contributed by atoms with Crippen molar-refractivity contribution < 1.29 is 4.74 Å². The summed E-state index contributed by atoms with van der Waals surface area (Å²) in [6.07, 6.45) is 8.14. The van der Waals surface area contributed by atoms with Gasteiger partial charge < -0.3 is 10.1 Å². The Hall–Kier alpha value is -0.340. The molecule has 80 valence electrons. The molecule has 0 amide bonds. The summed E-state index contributed by atoms with van der Waals surface area (Å²) in [7, 11) is 1.85. The van der Waals surface area contributed by atoms with E-state index in [2.05, 4.69) is 5.32 Å². The molecule has 1 heterocycles. The summed E-state index contributed by atoms with van der Waals surface area (Å²) in [4.78, 5) is 0. The molecular weight excluding hydrogens is 174 g/mol. The standard InChI is InChI=1S/C12H21NO/c1-14-12-6-2-5-11(12)10-4-3-8-13-9-7-10/h12-13H,2-9H2,1H3/b11-10-. The fourth-order valence-electron chi connectivity index (χ4n) is 2.71. The number of hydrogen-bond acceptors (Lipinski definition) is 2. The van der Waals surface area contributed by atoms with E-state index in [0.29, 0.717) is 6.10 Å². The van der Waals surface area contributed by atoms with Gasteiger partial charge in [-0.2, -0.15) is 0 Å². The molecule has 1 N–H and O–H groups in total. The van der Waals surface area contributed by atoms with Crippen molar-refractivity contribution in [3.05, 3.63) is 11.1 Å². The topological polar surface area (TPSA) is 21.3 Å². The Bertz CT molecular complexity index is 212. The van der Waals surface area contributed by atoms with Crippen LogP contribution in [-0.2, 0) is 4.74 Å². The first kappa shape index (κ1) is 10.2. The summed E-state index contributed by atoms with van der Waals surface area (Å²) in [6.45, 7) is 2.35. The van der Waals surface area contributed by atoms with Gasteiger partial charge in [0, 0.05) is 7.11 Å². The molecule has 0 bridgehead atoms. The minimum Gasteiger partial charge on any atom is -0.377 e. The first-order valence-corrected chi connectivity index (χ1v) is 5.86. The molecule has 2 nitrogen and oxygen atoms in total. The van der Waals surface area contributed by atoms with Crippen molar-refractivity contribution in [2.24, 2.45) is 0 Å². The average Bonchev–Trinajstić information content (AvgIpc) is 2.52. The van der Waals surface area contributed by atoms with Gasteiger partial charge in [-0.15, -0.1) is 0 Å². The number of ether oxygens (including phenoxy) is 1. The van der Waals surface area contributed by atoms with Crippen molar-refractivity contribution in [1.82, 2.24) is 5.32 Å². The molecule has 1 saturated carbocycles. The highest BCUT2D eigenvalue weighted by molar-refractivity contribution is 5.22. The molecule has 2 rings (SSSR count). The van der Waals surface area contributed by atoms with Gasteiger partial charge in [-0.3, -0.25) is 0 Å². The first-order valence-electron chi connectivity index (χ1n) is 5.86. The molecule has 1 aliphatic heterocycles. The summed E-state index contributed by atoms with van der Waals surface area (Å²) in [5.41, 5.74) is 3.33. The minimum absolute atomic E-state index is 0.447. The summed E-state index contributed by atoms with van der Waals surface area (Å²) in [5, 5.41) is 3.46. The van der Waals surface area contributed by atoms with E-state index < -0.39 is 0 Å². The van der Waals surface area contributed by atoms with E-state index in [1.807, 2.05) is 7.11 Å². The van der Waals surface area contributed by atoms with Gasteiger partial charge >= 0.3 is 0 Å². The van der Waals surface area contributed by atoms with Gasteiger partial charge in [0.2, 0.25) is 0 Å². The molecule has 1 aliphatic carbocycles. The normalized spacial score (nSPS) is 34.5. The fourth-order valence-corrected chi connectivity index (χ4v) is 2.71. The monoisotopic (exact) mass is 195 g/mol. The second-order valence-corrected chi connectivity index (χ2v) is 4.35. The van der Waals surface area contributed by atoms with Crippen molar-refractivity contribution in [2.45, 2.75) is 44.6 Å². The molecule has 1 atom stereocenters. The second kappa shape index (κ2) is 4.94. The van der Waals surface area contributed by atoms with Crippen molar-refractivity contribution in [3.8, 4) is 0 Å². The largest absolute Gasteiger partial charge is 0.377 e. The van der Waals surface area contributed by atoms with Gasteiger partial charge in [0.15, 0.2) is 0 Å². The highest BCUT2D eigenvalue weighted by Gasteiger charge is 2.23. The fraction of sp³-hybridized carbons (Fsp3) is 0.833. The van der Waals surface area contributed by atoms with Crippen LogP contribution in [0.3, 0.4) is 0 Å². The molecule has 1 saturated heterocycles. The van der Waals surface area contributed by atoms with Crippen LogP contribution in [0.4, 0.5) is 0 Å². The van der Waals surface area contributed by atoms with Gasteiger partial charge in [0.05, 0.1) is 6.10 Å². The molecule has 0 aromatic heterocycles. The highest BCUT2D eigenvalue weighted by Crippen LogP contribution is 2.32. The quantitative estimate of drug-likeness (QED) is 0.648. The van der Waals surface area contributed by atoms with E-state index >= 15 is 0 Å². The lowest BCUT2D eigenvalue weighted by Crippen LogP contribution is -2.14. The van der Waals surface area contributed by atoms with Crippen molar-refractivity contribution in [3.63, 3.8) is 0 Å². The maximum Gasteiger partial charge on any atom is 0.0783 e. The maximum absolute atomic E-state index is 5.54. The zero-order chi connectivity index (χ0) is 9.80. The number of hydrogen-bond donors (Lipinski definition) is 1. The van der Waals surface area contributed by atoms with Gasteiger partial charge in [0.25, 0.3) is 0 Å². The first-order chi connectivity index (χ1) is 6.92. The van der Waals surface area contributed by atoms with Gasteiger partial charge in [-0.05, 0) is 57.2 Å². The Morgan fingerprint density at radius 3 is 2.93 bits per heavy atom. The lowest BCUT2D eigenvalue weighted by atomic mass is 9.99. The lowest BCUT2D eigenvalue weighted by Gasteiger charge is -2.15. The third kappa shape index (κ3) is 2.18. The van der Waals surface area contributed by atoms with E-state index in [4.69, 9.17) is 4.74 Å². The van der Waals surface area contributed by atoms with E-state index in [1.165, 1.54) is 45.1 Å². The van der Waals surface area contributed by atoms with Crippen LogP contribution >= 0.6 is 0 Å². The second-order valence-electron chi connectivity index (χ2n) is 4.35. The molecule has 0 aromatic carbocycles. The Kier molecular flexibility index (Phi) is 3.60. The predicted octanol–water partition coefficient (Wildman–Crippen LogP) is 2.26. The Balaban J connectivity index is 2.10. The molecule has 2 fully saturated rings. The summed E-state index contributed by atoms with van der Waals surface area (Å²) >= 11 is 0. The van der Waals surface area contributed by atoms with Crippen LogP contribution in [0.15, 0.2) is 11.1 Å². The summed E-state index contributed by atoms with van der Waals surface area (Å²) in [5.74, 6) is 0. The molecule has 2 heteroatoms. The molecule has 14 heavy (non-hydrogen) atoms. The summed E-state index contributed by atoms with van der Waals surface area (Å²) in [6, 6.07) is 0. The third-order valence-corrected chi connectivity index (χ3v) is 3.48. The molecule has 0 spiro atoms. The van der Waals surface area contributed by atoms with Crippen LogP contribution in [0.25, 0.3) is 0 Å². The smallest absolute Gasteiger partial charge is 0.0783 e. The van der Waals surface area contributed by atoms with Crippen molar-refractivity contribution in [1.29, 1.82) is 0 Å². The number of nitrogens with one attached hydrogen (secondary N) is 1. The maximum atomic E-state index is 5.54. The van der Waals surface area contributed by atoms with Crippen LogP contribution < -0.4 is 5.32 Å². The van der Waals surface area contributed by atoms with Gasteiger partial charge in [-0.25, -0.2) is 0 Å². The zero-order valence-electron chi connectivity index (χ0n) is 9.14. The van der Waals surface area contributed by atoms with Crippen LogP contribution in [0.1, 0.15) is 38.5 Å². The highest BCUT2D eigenvalue weighted by atomic mass is 16.5. The van der Waals surface area contributed by atoms with Crippen LogP contribution in [0, 0.1) is 0 Å². The Labute approximate surface area is 86.7 Å². The predicted molar refractivity (Wildman–Crippen MR) is 58.4 cm³/mol. The van der Waals surface area contributed by atoms with E-state index in [-0.39, 0.29) is 0 Å². The minimum atomic E-state index is 0.447. The molecular formula is C12H21NO. The Morgan fingerprint density at radius 1 is 1.14 bits per heavy atom. The van der Waals surface area contributed by atoms with Crippen LogP contribution in [0.2, 0.25) is 0 Å². The zero-order valence-corrected chi connectivity index (χ0v) is 9.14. The van der Waals surface area contributed by atoms with Crippen LogP contribution in [-0.4, -0.2) is 26.3 Å².